The molecule has 0 fully saturated rings. The van der Waals surface area contributed by atoms with Gasteiger partial charge >= 0.3 is 0 Å². The molecule has 364 valence electrons. The summed E-state index contributed by atoms with van der Waals surface area (Å²) in [4.78, 5) is 4.92. The highest BCUT2D eigenvalue weighted by Gasteiger charge is 2.47. The Bertz CT molecular complexity index is 4180. The van der Waals surface area contributed by atoms with Crippen LogP contribution in [-0.4, -0.2) is 18.0 Å². The number of benzene rings is 10. The third kappa shape index (κ3) is 6.76. The summed E-state index contributed by atoms with van der Waals surface area (Å²) in [6, 6.07) is 76.9. The molecule has 0 unspecified atom stereocenters. The number of ether oxygens (including phenoxy) is 3. The molecule has 4 aliphatic rings. The molecule has 15 rings (SSSR count). The van der Waals surface area contributed by atoms with Crippen LogP contribution in [0.2, 0.25) is 0 Å². The Hall–Kier alpha value is -8.87. The number of hydrogen-bond donors (Lipinski definition) is 0. The molecule has 8 heteroatoms. The lowest BCUT2D eigenvalue weighted by Gasteiger charge is -2.44. The molecule has 0 radical (unpaired) electrons. The molecule has 11 aromatic rings. The van der Waals surface area contributed by atoms with E-state index in [2.05, 4.69) is 268 Å². The van der Waals surface area contributed by atoms with E-state index in [9.17, 15) is 0 Å². The summed E-state index contributed by atoms with van der Waals surface area (Å²) in [5.41, 5.74) is 19.7. The van der Waals surface area contributed by atoms with Gasteiger partial charge in [-0.15, -0.1) is 0 Å². The molecule has 0 aliphatic carbocycles. The van der Waals surface area contributed by atoms with E-state index in [1.807, 2.05) is 0 Å². The smallest absolute Gasteiger partial charge is 0.256 e. The van der Waals surface area contributed by atoms with Gasteiger partial charge in [0, 0.05) is 80.4 Å². The fourth-order valence-corrected chi connectivity index (χ4v) is 12.7. The Morgan fingerprint density at radius 2 is 0.868 bits per heavy atom. The van der Waals surface area contributed by atoms with Gasteiger partial charge in [-0.25, -0.2) is 0 Å². The average Bonchev–Trinajstić information content (AvgIpc) is 3.89. The number of nitrogens with zero attached hydrogens (tertiary/aromatic N) is 3. The van der Waals surface area contributed by atoms with E-state index in [0.29, 0.717) is 5.75 Å². The van der Waals surface area contributed by atoms with E-state index < -0.39 is 0 Å². The third-order valence-electron chi connectivity index (χ3n) is 16.2. The van der Waals surface area contributed by atoms with Crippen molar-refractivity contribution in [2.24, 2.45) is 0 Å². The van der Waals surface area contributed by atoms with Crippen LogP contribution < -0.4 is 56.8 Å². The lowest BCUT2D eigenvalue weighted by atomic mass is 9.30. The Morgan fingerprint density at radius 1 is 0.368 bits per heavy atom. The minimum absolute atomic E-state index is 0.0180. The summed E-state index contributed by atoms with van der Waals surface area (Å²) in [7, 11) is 0. The average molecular weight is 982 g/mol. The number of fused-ring (bicyclic) bond motifs is 11. The van der Waals surface area contributed by atoms with E-state index in [4.69, 9.17) is 14.2 Å². The van der Waals surface area contributed by atoms with Crippen LogP contribution in [0.3, 0.4) is 0 Å². The molecule has 0 amide bonds. The van der Waals surface area contributed by atoms with E-state index >= 15 is 0 Å². The van der Waals surface area contributed by atoms with Crippen molar-refractivity contribution in [1.82, 2.24) is 4.57 Å². The summed E-state index contributed by atoms with van der Waals surface area (Å²) in [6.07, 6.45) is 0. The first-order valence-electron chi connectivity index (χ1n) is 26.5. The highest BCUT2D eigenvalue weighted by atomic mass is 16.5. The molecule has 76 heavy (non-hydrogen) atoms. The predicted octanol–water partition coefficient (Wildman–Crippen LogP) is 14.0. The van der Waals surface area contributed by atoms with Crippen LogP contribution in [0.15, 0.2) is 212 Å². The minimum Gasteiger partial charge on any atom is -0.458 e. The Morgan fingerprint density at radius 3 is 1.49 bits per heavy atom. The van der Waals surface area contributed by atoms with E-state index in [0.717, 1.165) is 79.5 Å². The molecule has 1 aromatic heterocycles. The lowest BCUT2D eigenvalue weighted by molar-refractivity contribution is 0.462. The van der Waals surface area contributed by atoms with Crippen LogP contribution in [0.25, 0.3) is 27.5 Å². The number of anilines is 6. The first-order valence-corrected chi connectivity index (χ1v) is 26.5. The third-order valence-corrected chi connectivity index (χ3v) is 16.2. The quantitative estimate of drug-likeness (QED) is 0.155. The first-order chi connectivity index (χ1) is 36.9. The molecule has 0 saturated heterocycles. The van der Waals surface area contributed by atoms with Gasteiger partial charge in [-0.1, -0.05) is 163 Å². The first kappa shape index (κ1) is 44.6. The highest BCUT2D eigenvalue weighted by molar-refractivity contribution is 7.02. The van der Waals surface area contributed by atoms with Crippen LogP contribution in [0.5, 0.6) is 34.5 Å². The molecule has 6 nitrogen and oxygen atoms in total. The zero-order chi connectivity index (χ0) is 51.2. The second-order valence-corrected chi connectivity index (χ2v) is 22.9. The van der Waals surface area contributed by atoms with E-state index in [1.54, 1.807) is 0 Å². The maximum atomic E-state index is 7.05. The summed E-state index contributed by atoms with van der Waals surface area (Å²) in [5, 5.41) is 2.47. The molecule has 0 spiro atoms. The van der Waals surface area contributed by atoms with Gasteiger partial charge in [0.2, 0.25) is 0 Å². The van der Waals surface area contributed by atoms with Crippen molar-refractivity contribution in [3.05, 3.63) is 223 Å². The topological polar surface area (TPSA) is 39.1 Å². The van der Waals surface area contributed by atoms with Crippen LogP contribution in [0.1, 0.15) is 52.7 Å². The Balaban J connectivity index is 1.01. The molecule has 4 aliphatic heterocycles. The van der Waals surface area contributed by atoms with Gasteiger partial charge in [-0.05, 0) is 121 Å². The predicted molar refractivity (Wildman–Crippen MR) is 316 cm³/mol. The molecule has 5 heterocycles. The number of aromatic nitrogens is 1. The summed E-state index contributed by atoms with van der Waals surface area (Å²) in [5.74, 6) is 4.68. The van der Waals surface area contributed by atoms with Gasteiger partial charge in [0.15, 0.2) is 0 Å². The van der Waals surface area contributed by atoms with Crippen LogP contribution in [-0.2, 0) is 10.8 Å². The molecule has 0 bridgehead atoms. The van der Waals surface area contributed by atoms with Gasteiger partial charge in [0.05, 0.1) is 5.52 Å². The second-order valence-electron chi connectivity index (χ2n) is 22.9. The lowest BCUT2D eigenvalue weighted by Crippen LogP contribution is -2.64. The molecule has 0 saturated carbocycles. The van der Waals surface area contributed by atoms with Gasteiger partial charge in [-0.2, -0.15) is 0 Å². The van der Waals surface area contributed by atoms with Crippen LogP contribution in [0, 0.1) is 0 Å². The molecule has 10 aromatic carbocycles. The zero-order valence-corrected chi connectivity index (χ0v) is 43.4. The SMILES string of the molecule is CC(C)(C)c1ccc(Oc2cc3c4c(c2)N(c2ccccc2)c2cc5c(cc2B4c2ccccc2O3)B2c3c(cc(Oc4ccc(C(C)(C)C)cc4)cc3-n3c4ccccc4c4cccc2c43)N5c2ccccc2)cc1. The molecular formula is C68H53B2N3O3. The minimum atomic E-state index is -0.146. The Labute approximate surface area is 444 Å². The number of rotatable bonds is 6. The van der Waals surface area contributed by atoms with E-state index in [-0.39, 0.29) is 24.3 Å². The van der Waals surface area contributed by atoms with Crippen molar-refractivity contribution < 1.29 is 14.2 Å². The van der Waals surface area contributed by atoms with Crippen molar-refractivity contribution in [2.45, 2.75) is 52.4 Å². The number of para-hydroxylation sites is 5. The van der Waals surface area contributed by atoms with Crippen molar-refractivity contribution in [2.75, 3.05) is 9.80 Å². The summed E-state index contributed by atoms with van der Waals surface area (Å²) in [6.45, 7) is 13.2. The van der Waals surface area contributed by atoms with Gasteiger partial charge in [-0.3, -0.25) is 0 Å². The van der Waals surface area contributed by atoms with E-state index in [1.165, 1.54) is 54.8 Å². The van der Waals surface area contributed by atoms with Crippen molar-refractivity contribution >= 4 is 102 Å². The normalized spacial score (nSPS) is 13.7. The van der Waals surface area contributed by atoms with Gasteiger partial charge in [0.1, 0.15) is 34.5 Å². The van der Waals surface area contributed by atoms with Crippen molar-refractivity contribution in [1.29, 1.82) is 0 Å². The van der Waals surface area contributed by atoms with Gasteiger partial charge in [0.25, 0.3) is 13.4 Å². The number of hydrogen-bond acceptors (Lipinski definition) is 5. The standard InChI is InChI=1S/C68H53B2N3O3/c1-67(2,3)42-28-32-46(33-29-42)74-48-36-59-64-60(37-48)73-56-26-15-13-22-50(56)51-23-17-25-53(66(51)73)70(64)55-40-54-57(41-58(55)71(59)44-18-9-7-10-19-44)72(45-20-11-8-12-21-45)61-38-49(75-47-34-30-43(31-35-47)68(4,5)6)39-63-65(61)69(54)52-24-14-16-27-62(52)76-63/h7-41H,1-6H3. The van der Waals surface area contributed by atoms with Crippen molar-refractivity contribution in [3.8, 4) is 40.2 Å². The molecular weight excluding hydrogens is 928 g/mol. The van der Waals surface area contributed by atoms with Crippen LogP contribution >= 0.6 is 0 Å². The fourth-order valence-electron chi connectivity index (χ4n) is 12.7. The monoisotopic (exact) mass is 981 g/mol. The fraction of sp³-hybridized carbons (Fsp3) is 0.118. The maximum absolute atomic E-state index is 7.05. The highest BCUT2D eigenvalue weighted by Crippen LogP contribution is 2.48. The largest absolute Gasteiger partial charge is 0.458 e. The molecule has 0 atom stereocenters. The maximum Gasteiger partial charge on any atom is 0.256 e. The van der Waals surface area contributed by atoms with Gasteiger partial charge < -0.3 is 28.6 Å². The summed E-state index contributed by atoms with van der Waals surface area (Å²) >= 11 is 0. The Kier molecular flexibility index (Phi) is 9.57. The van der Waals surface area contributed by atoms with Crippen molar-refractivity contribution in [3.63, 3.8) is 0 Å². The molecule has 0 N–H and O–H groups in total. The zero-order valence-electron chi connectivity index (χ0n) is 43.4. The second kappa shape index (κ2) is 16.3. The van der Waals surface area contributed by atoms with Crippen LogP contribution in [0.4, 0.5) is 34.1 Å². The summed E-state index contributed by atoms with van der Waals surface area (Å²) < 4.78 is 23.4.